The third kappa shape index (κ3) is 3.04. The first-order valence-electron chi connectivity index (χ1n) is 4.93. The lowest BCUT2D eigenvalue weighted by Gasteiger charge is -2.10. The third-order valence-corrected chi connectivity index (χ3v) is 2.11. The minimum atomic E-state index is -0.568. The highest BCUT2D eigenvalue weighted by Gasteiger charge is 2.18. The summed E-state index contributed by atoms with van der Waals surface area (Å²) in [5, 5.41) is 2.91. The molecule has 0 aromatic heterocycles. The van der Waals surface area contributed by atoms with E-state index in [-0.39, 0.29) is 12.4 Å². The van der Waals surface area contributed by atoms with Gasteiger partial charge in [-0.1, -0.05) is 30.3 Å². The van der Waals surface area contributed by atoms with Crippen LogP contribution in [0.2, 0.25) is 0 Å². The number of hydrogen-bond acceptors (Lipinski definition) is 4. The molecule has 1 aliphatic heterocycles. The molecule has 1 atom stereocenters. The predicted octanol–water partition coefficient (Wildman–Crippen LogP) is 0.676. The summed E-state index contributed by atoms with van der Waals surface area (Å²) in [4.78, 5) is 11.4. The molecule has 0 saturated carbocycles. The summed E-state index contributed by atoms with van der Waals surface area (Å²) in [6.45, 7) is 1.31. The number of ether oxygens (including phenoxy) is 2. The first kappa shape index (κ1) is 10.1. The van der Waals surface area contributed by atoms with Gasteiger partial charge in [-0.15, -0.1) is 0 Å². The van der Waals surface area contributed by atoms with E-state index in [9.17, 15) is 4.79 Å². The first-order valence-corrected chi connectivity index (χ1v) is 4.93. The second kappa shape index (κ2) is 4.91. The van der Waals surface area contributed by atoms with Crippen LogP contribution in [0, 0.1) is 0 Å². The fourth-order valence-electron chi connectivity index (χ4n) is 1.40. The van der Waals surface area contributed by atoms with E-state index >= 15 is 0 Å². The molecule has 1 heterocycles. The maximum Gasteiger partial charge on any atom is 0.313 e. The average Bonchev–Trinajstić information content (AvgIpc) is 2.71. The van der Waals surface area contributed by atoms with Gasteiger partial charge in [0.25, 0.3) is 6.41 Å². The Labute approximate surface area is 88.2 Å². The zero-order valence-electron chi connectivity index (χ0n) is 8.31. The number of rotatable bonds is 3. The molecule has 1 fully saturated rings. The Bertz CT molecular complexity index is 320. The highest BCUT2D eigenvalue weighted by molar-refractivity contribution is 5.72. The van der Waals surface area contributed by atoms with Crippen LogP contribution in [0.4, 0.5) is 0 Å². The minimum absolute atomic E-state index is 0.277. The van der Waals surface area contributed by atoms with Gasteiger partial charge in [0.2, 0.25) is 0 Å². The zero-order chi connectivity index (χ0) is 10.5. The molecule has 1 unspecified atom stereocenters. The van der Waals surface area contributed by atoms with Crippen molar-refractivity contribution in [1.82, 2.24) is 5.32 Å². The lowest BCUT2D eigenvalue weighted by atomic mass is 10.2. The maximum atomic E-state index is 11.4. The molecule has 4 heteroatoms. The molecule has 0 aliphatic carbocycles. The Morgan fingerprint density at radius 2 is 2.27 bits per heavy atom. The van der Waals surface area contributed by atoms with Crippen LogP contribution in [-0.4, -0.2) is 25.5 Å². The van der Waals surface area contributed by atoms with Crippen LogP contribution in [0.1, 0.15) is 5.56 Å². The molecular formula is C11H13NO3. The summed E-state index contributed by atoms with van der Waals surface area (Å²) in [5.41, 5.74) is 0.945. The number of carbonyl (C=O) groups is 1. The van der Waals surface area contributed by atoms with Gasteiger partial charge in [0.05, 0.1) is 13.0 Å². The summed E-state index contributed by atoms with van der Waals surface area (Å²) >= 11 is 0. The summed E-state index contributed by atoms with van der Waals surface area (Å²) < 4.78 is 10.2. The van der Waals surface area contributed by atoms with E-state index in [0.29, 0.717) is 6.61 Å². The van der Waals surface area contributed by atoms with Crippen LogP contribution in [-0.2, 0) is 20.7 Å². The molecule has 1 N–H and O–H groups in total. The SMILES string of the molecule is O=C(Cc1ccccc1)OC1NCCO1. The second-order valence-electron chi connectivity index (χ2n) is 3.31. The normalized spacial score (nSPS) is 20.1. The highest BCUT2D eigenvalue weighted by Crippen LogP contribution is 2.04. The second-order valence-corrected chi connectivity index (χ2v) is 3.31. The molecule has 1 aromatic rings. The zero-order valence-corrected chi connectivity index (χ0v) is 8.31. The van der Waals surface area contributed by atoms with Crippen molar-refractivity contribution < 1.29 is 14.3 Å². The minimum Gasteiger partial charge on any atom is -0.421 e. The van der Waals surface area contributed by atoms with Gasteiger partial charge < -0.3 is 9.47 Å². The van der Waals surface area contributed by atoms with Crippen molar-refractivity contribution in [2.75, 3.05) is 13.2 Å². The van der Waals surface area contributed by atoms with Gasteiger partial charge in [-0.2, -0.15) is 0 Å². The molecule has 0 bridgehead atoms. The molecule has 1 saturated heterocycles. The number of benzene rings is 1. The molecule has 0 amide bonds. The van der Waals surface area contributed by atoms with Crippen LogP contribution in [0.15, 0.2) is 30.3 Å². The molecule has 2 rings (SSSR count). The number of nitrogens with one attached hydrogen (secondary N) is 1. The molecule has 15 heavy (non-hydrogen) atoms. The summed E-state index contributed by atoms with van der Waals surface area (Å²) in [7, 11) is 0. The maximum absolute atomic E-state index is 11.4. The number of hydrogen-bond donors (Lipinski definition) is 1. The van der Waals surface area contributed by atoms with Gasteiger partial charge in [0.15, 0.2) is 0 Å². The third-order valence-electron chi connectivity index (χ3n) is 2.11. The van der Waals surface area contributed by atoms with E-state index in [1.54, 1.807) is 0 Å². The monoisotopic (exact) mass is 207 g/mol. The van der Waals surface area contributed by atoms with Gasteiger partial charge in [-0.25, -0.2) is 0 Å². The van der Waals surface area contributed by atoms with Gasteiger partial charge in [0, 0.05) is 6.54 Å². The smallest absolute Gasteiger partial charge is 0.313 e. The number of esters is 1. The van der Waals surface area contributed by atoms with Crippen LogP contribution >= 0.6 is 0 Å². The predicted molar refractivity (Wildman–Crippen MR) is 54.0 cm³/mol. The lowest BCUT2D eigenvalue weighted by Crippen LogP contribution is -2.29. The van der Waals surface area contributed by atoms with Crippen LogP contribution in [0.3, 0.4) is 0 Å². The fraction of sp³-hybridized carbons (Fsp3) is 0.364. The highest BCUT2D eigenvalue weighted by atomic mass is 16.7. The molecule has 4 nitrogen and oxygen atoms in total. The van der Waals surface area contributed by atoms with E-state index in [0.717, 1.165) is 12.1 Å². The fourth-order valence-corrected chi connectivity index (χ4v) is 1.40. The molecule has 80 valence electrons. The molecule has 0 spiro atoms. The van der Waals surface area contributed by atoms with Crippen molar-refractivity contribution in [3.05, 3.63) is 35.9 Å². The van der Waals surface area contributed by atoms with Crippen molar-refractivity contribution in [2.45, 2.75) is 12.8 Å². The quantitative estimate of drug-likeness (QED) is 0.740. The van der Waals surface area contributed by atoms with Crippen LogP contribution in [0.5, 0.6) is 0 Å². The average molecular weight is 207 g/mol. The first-order chi connectivity index (χ1) is 7.34. The van der Waals surface area contributed by atoms with Gasteiger partial charge in [-0.05, 0) is 5.56 Å². The molecular weight excluding hydrogens is 194 g/mol. The van der Waals surface area contributed by atoms with Crippen LogP contribution in [0.25, 0.3) is 0 Å². The molecule has 1 aromatic carbocycles. The Morgan fingerprint density at radius 1 is 1.47 bits per heavy atom. The van der Waals surface area contributed by atoms with Crippen molar-refractivity contribution in [2.24, 2.45) is 0 Å². The van der Waals surface area contributed by atoms with Gasteiger partial charge in [-0.3, -0.25) is 10.1 Å². The lowest BCUT2D eigenvalue weighted by molar-refractivity contribution is -0.172. The standard InChI is InChI=1S/C11H13NO3/c13-10(15-11-12-6-7-14-11)8-9-4-2-1-3-5-9/h1-5,11-12H,6-8H2. The van der Waals surface area contributed by atoms with Crippen molar-refractivity contribution >= 4 is 5.97 Å². The topological polar surface area (TPSA) is 47.6 Å². The Balaban J connectivity index is 1.82. The summed E-state index contributed by atoms with van der Waals surface area (Å²) in [5.74, 6) is -0.277. The van der Waals surface area contributed by atoms with Crippen molar-refractivity contribution in [3.63, 3.8) is 0 Å². The van der Waals surface area contributed by atoms with E-state index in [2.05, 4.69) is 5.32 Å². The number of carbonyl (C=O) groups excluding carboxylic acids is 1. The van der Waals surface area contributed by atoms with E-state index < -0.39 is 6.41 Å². The van der Waals surface area contributed by atoms with Crippen LogP contribution < -0.4 is 5.32 Å². The summed E-state index contributed by atoms with van der Waals surface area (Å²) in [6.07, 6.45) is -0.288. The molecule has 1 aliphatic rings. The van der Waals surface area contributed by atoms with Crippen molar-refractivity contribution in [3.8, 4) is 0 Å². The van der Waals surface area contributed by atoms with Gasteiger partial charge in [0.1, 0.15) is 0 Å². The van der Waals surface area contributed by atoms with Crippen molar-refractivity contribution in [1.29, 1.82) is 0 Å². The van der Waals surface area contributed by atoms with E-state index in [1.807, 2.05) is 30.3 Å². The largest absolute Gasteiger partial charge is 0.421 e. The Morgan fingerprint density at radius 3 is 2.93 bits per heavy atom. The van der Waals surface area contributed by atoms with Gasteiger partial charge >= 0.3 is 5.97 Å². The molecule has 0 radical (unpaired) electrons. The van der Waals surface area contributed by atoms with E-state index in [1.165, 1.54) is 0 Å². The summed E-state index contributed by atoms with van der Waals surface area (Å²) in [6, 6.07) is 9.49. The Hall–Kier alpha value is -1.39. The van der Waals surface area contributed by atoms with E-state index in [4.69, 9.17) is 9.47 Å². The Kier molecular flexibility index (Phi) is 3.32.